The van der Waals surface area contributed by atoms with E-state index in [2.05, 4.69) is 12.2 Å². The number of nitro groups is 1. The van der Waals surface area contributed by atoms with Crippen molar-refractivity contribution in [2.45, 2.75) is 27.2 Å². The number of quaternary nitrogens is 1. The van der Waals surface area contributed by atoms with Crippen LogP contribution in [0.25, 0.3) is 5.57 Å². The minimum Gasteiger partial charge on any atom is -0.487 e. The fourth-order valence-electron chi connectivity index (χ4n) is 1.91. The van der Waals surface area contributed by atoms with Gasteiger partial charge in [-0.05, 0) is 49.6 Å². The predicted octanol–water partition coefficient (Wildman–Crippen LogP) is 2.88. The van der Waals surface area contributed by atoms with Crippen molar-refractivity contribution in [2.24, 2.45) is 0 Å². The summed E-state index contributed by atoms with van der Waals surface area (Å²) in [6, 6.07) is 4.97. The monoisotopic (exact) mass is 291 g/mol. The maximum Gasteiger partial charge on any atom is 0.310 e. The van der Waals surface area contributed by atoms with Crippen LogP contribution in [0.4, 0.5) is 5.69 Å². The Morgan fingerprint density at radius 1 is 1.43 bits per heavy atom. The highest BCUT2D eigenvalue weighted by atomic mass is 16.6. The van der Waals surface area contributed by atoms with Crippen molar-refractivity contribution in [3.63, 3.8) is 0 Å². The molecule has 0 aliphatic rings. The topological polar surface area (TPSA) is 69.0 Å². The second-order valence-electron chi connectivity index (χ2n) is 4.50. The zero-order valence-corrected chi connectivity index (χ0v) is 12.8. The number of nitrogens with two attached hydrogens (primary N) is 1. The largest absolute Gasteiger partial charge is 0.487 e. The number of nitro benzene ring substituents is 1. The Kier molecular flexibility index (Phi) is 7.18. The normalized spacial score (nSPS) is 11.9. The summed E-state index contributed by atoms with van der Waals surface area (Å²) < 4.78 is 5.38. The summed E-state index contributed by atoms with van der Waals surface area (Å²) in [5, 5.41) is 13.1. The van der Waals surface area contributed by atoms with Gasteiger partial charge in [0.2, 0.25) is 0 Å². The Hall–Kier alpha value is -2.14. The average molecular weight is 291 g/mol. The maximum atomic E-state index is 11.0. The van der Waals surface area contributed by atoms with Crippen molar-refractivity contribution in [1.29, 1.82) is 0 Å². The molecule has 0 amide bonds. The van der Waals surface area contributed by atoms with Crippen LogP contribution in [-0.2, 0) is 0 Å². The van der Waals surface area contributed by atoms with Crippen LogP contribution in [0.2, 0.25) is 0 Å². The van der Waals surface area contributed by atoms with Crippen LogP contribution in [0, 0.1) is 10.1 Å². The molecule has 0 fully saturated rings. The molecule has 0 radical (unpaired) electrons. The lowest BCUT2D eigenvalue weighted by Crippen LogP contribution is -2.77. The van der Waals surface area contributed by atoms with Gasteiger partial charge in [-0.2, -0.15) is 0 Å². The number of benzene rings is 1. The number of rotatable bonds is 8. The van der Waals surface area contributed by atoms with Gasteiger partial charge in [0.05, 0.1) is 24.3 Å². The first kappa shape index (κ1) is 16.9. The van der Waals surface area contributed by atoms with Crippen molar-refractivity contribution >= 4 is 11.3 Å². The summed E-state index contributed by atoms with van der Waals surface area (Å²) in [6.45, 7) is 7.33. The molecule has 0 saturated heterocycles. The van der Waals surface area contributed by atoms with E-state index in [1.165, 1.54) is 6.07 Å². The Morgan fingerprint density at radius 3 is 2.76 bits per heavy atom. The van der Waals surface area contributed by atoms with Crippen LogP contribution in [0.3, 0.4) is 0 Å². The van der Waals surface area contributed by atoms with E-state index in [4.69, 9.17) is 4.74 Å². The van der Waals surface area contributed by atoms with Gasteiger partial charge in [0.25, 0.3) is 0 Å². The Balaban J connectivity index is 3.03. The molecule has 0 aromatic heterocycles. The lowest BCUT2D eigenvalue weighted by molar-refractivity contribution is -0.587. The summed E-state index contributed by atoms with van der Waals surface area (Å²) in [5.41, 5.74) is 1.92. The van der Waals surface area contributed by atoms with E-state index in [1.54, 1.807) is 12.1 Å². The molecule has 2 N–H and O–H groups in total. The highest BCUT2D eigenvalue weighted by Crippen LogP contribution is 2.30. The molecule has 0 aliphatic carbocycles. The zero-order valence-electron chi connectivity index (χ0n) is 12.8. The first-order chi connectivity index (χ1) is 10.1. The number of hydrogen-bond acceptors (Lipinski definition) is 3. The summed E-state index contributed by atoms with van der Waals surface area (Å²) in [5.74, 6) is 0.310. The lowest BCUT2D eigenvalue weighted by Gasteiger charge is -2.07. The van der Waals surface area contributed by atoms with E-state index in [0.29, 0.717) is 12.4 Å². The van der Waals surface area contributed by atoms with Gasteiger partial charge < -0.3 is 10.1 Å². The molecule has 1 rings (SSSR count). The first-order valence-electron chi connectivity index (χ1n) is 7.21. The van der Waals surface area contributed by atoms with E-state index in [1.807, 2.05) is 32.2 Å². The van der Waals surface area contributed by atoms with Crippen molar-refractivity contribution in [2.75, 3.05) is 13.2 Å². The zero-order chi connectivity index (χ0) is 15.7. The molecule has 114 valence electrons. The molecule has 0 bridgehead atoms. The second-order valence-corrected chi connectivity index (χ2v) is 4.50. The average Bonchev–Trinajstić information content (AvgIpc) is 2.47. The molecule has 0 heterocycles. The molecule has 21 heavy (non-hydrogen) atoms. The highest BCUT2D eigenvalue weighted by Gasteiger charge is 2.15. The molecule has 1 aromatic rings. The van der Waals surface area contributed by atoms with Crippen LogP contribution in [0.1, 0.15) is 32.8 Å². The lowest BCUT2D eigenvalue weighted by atomic mass is 10.0. The van der Waals surface area contributed by atoms with Gasteiger partial charge in [-0.15, -0.1) is 0 Å². The highest BCUT2D eigenvalue weighted by molar-refractivity contribution is 5.75. The summed E-state index contributed by atoms with van der Waals surface area (Å²) >= 11 is 0. The third-order valence-corrected chi connectivity index (χ3v) is 2.97. The number of nitrogens with zero attached hydrogens (tertiary/aromatic N) is 1. The van der Waals surface area contributed by atoms with Crippen LogP contribution < -0.4 is 10.1 Å². The van der Waals surface area contributed by atoms with Crippen LogP contribution in [0.15, 0.2) is 36.6 Å². The molecule has 5 heteroatoms. The van der Waals surface area contributed by atoms with Crippen molar-refractivity contribution in [1.82, 2.24) is 0 Å². The minimum atomic E-state index is -0.422. The van der Waals surface area contributed by atoms with E-state index in [0.717, 1.165) is 24.1 Å². The molecule has 0 spiro atoms. The minimum absolute atomic E-state index is 0.00224. The van der Waals surface area contributed by atoms with E-state index in [-0.39, 0.29) is 5.69 Å². The van der Waals surface area contributed by atoms with Crippen LogP contribution >= 0.6 is 0 Å². The third-order valence-electron chi connectivity index (χ3n) is 2.97. The van der Waals surface area contributed by atoms with Crippen LogP contribution in [-0.4, -0.2) is 18.1 Å². The molecule has 0 saturated carbocycles. The molecule has 0 atom stereocenters. The molecule has 5 nitrogen and oxygen atoms in total. The summed E-state index contributed by atoms with van der Waals surface area (Å²) in [6.07, 6.45) is 7.11. The van der Waals surface area contributed by atoms with Crippen LogP contribution in [0.5, 0.6) is 5.75 Å². The van der Waals surface area contributed by atoms with Crippen molar-refractivity contribution < 1.29 is 15.0 Å². The quantitative estimate of drug-likeness (QED) is 0.346. The van der Waals surface area contributed by atoms with Gasteiger partial charge in [-0.25, -0.2) is 0 Å². The smallest absolute Gasteiger partial charge is 0.310 e. The van der Waals surface area contributed by atoms with Gasteiger partial charge in [0, 0.05) is 6.07 Å². The number of allylic oxidation sites excluding steroid dienone is 3. The maximum absolute atomic E-state index is 11.0. The standard InChI is InChI=1S/C16H22N2O3/c1-4-10-17-11-9-13(5-2)14-7-8-15(18(19)20)16(12-14)21-6-3/h5,7-9,11-12,17H,4,6,10H2,1-3H3/p+1/b11-9-,13-5+. The number of ether oxygens (including phenoxy) is 1. The fraction of sp³-hybridized carbons (Fsp3) is 0.375. The molecule has 1 aromatic carbocycles. The van der Waals surface area contributed by atoms with Crippen molar-refractivity contribution in [3.8, 4) is 5.75 Å². The molecular formula is C16H23N2O3+. The van der Waals surface area contributed by atoms with Gasteiger partial charge in [0.1, 0.15) is 0 Å². The van der Waals surface area contributed by atoms with Gasteiger partial charge >= 0.3 is 5.69 Å². The third kappa shape index (κ3) is 5.04. The first-order valence-corrected chi connectivity index (χ1v) is 7.21. The summed E-state index contributed by atoms with van der Waals surface area (Å²) in [4.78, 5) is 10.6. The van der Waals surface area contributed by atoms with E-state index >= 15 is 0 Å². The Labute approximate surface area is 125 Å². The predicted molar refractivity (Wildman–Crippen MR) is 84.1 cm³/mol. The van der Waals surface area contributed by atoms with Gasteiger partial charge in [0.15, 0.2) is 5.75 Å². The van der Waals surface area contributed by atoms with Gasteiger partial charge in [-0.1, -0.05) is 13.0 Å². The Bertz CT molecular complexity index is 536. The van der Waals surface area contributed by atoms with Gasteiger partial charge in [-0.3, -0.25) is 10.1 Å². The van der Waals surface area contributed by atoms with E-state index in [9.17, 15) is 10.1 Å². The second kappa shape index (κ2) is 8.92. The van der Waals surface area contributed by atoms with E-state index < -0.39 is 4.92 Å². The number of hydrogen-bond donors (Lipinski definition) is 1. The SMILES string of the molecule is C/C=C(\C=C/[NH2+]CCC)c1ccc([N+](=O)[O-])c(OCC)c1. The Morgan fingerprint density at radius 2 is 2.19 bits per heavy atom. The fourth-order valence-corrected chi connectivity index (χ4v) is 1.91. The van der Waals surface area contributed by atoms with Crippen molar-refractivity contribution in [3.05, 3.63) is 52.2 Å². The molecule has 0 aliphatic heterocycles. The molecular weight excluding hydrogens is 268 g/mol. The summed E-state index contributed by atoms with van der Waals surface area (Å²) in [7, 11) is 0. The molecule has 0 unspecified atom stereocenters.